The van der Waals surface area contributed by atoms with E-state index >= 15 is 0 Å². The fourth-order valence-electron chi connectivity index (χ4n) is 3.62. The molecule has 6 nitrogen and oxygen atoms in total. The molecule has 1 fully saturated rings. The maximum atomic E-state index is 12.2. The molecule has 1 aliphatic heterocycles. The lowest BCUT2D eigenvalue weighted by Crippen LogP contribution is -2.47. The van der Waals surface area contributed by atoms with E-state index in [0.29, 0.717) is 23.7 Å². The van der Waals surface area contributed by atoms with Crippen LogP contribution in [0.4, 0.5) is 10.5 Å². The van der Waals surface area contributed by atoms with Gasteiger partial charge in [0.15, 0.2) is 0 Å². The second kappa shape index (κ2) is 9.90. The summed E-state index contributed by atoms with van der Waals surface area (Å²) >= 11 is 0. The number of anilines is 1. The molecule has 3 N–H and O–H groups in total. The number of hydrogen-bond acceptors (Lipinski definition) is 4. The van der Waals surface area contributed by atoms with Gasteiger partial charge in [-0.2, -0.15) is 0 Å². The summed E-state index contributed by atoms with van der Waals surface area (Å²) < 4.78 is 4.70. The monoisotopic (exact) mass is 381 g/mol. The van der Waals surface area contributed by atoms with Gasteiger partial charge in [-0.3, -0.25) is 0 Å². The summed E-state index contributed by atoms with van der Waals surface area (Å²) in [5.41, 5.74) is 2.32. The summed E-state index contributed by atoms with van der Waals surface area (Å²) in [7, 11) is 1.33. The zero-order valence-corrected chi connectivity index (χ0v) is 16.1. The number of esters is 1. The minimum atomic E-state index is -0.431. The van der Waals surface area contributed by atoms with Gasteiger partial charge in [0.2, 0.25) is 0 Å². The van der Waals surface area contributed by atoms with Gasteiger partial charge in [-0.1, -0.05) is 36.4 Å². The molecule has 0 radical (unpaired) electrons. The normalized spacial score (nSPS) is 18.9. The van der Waals surface area contributed by atoms with Gasteiger partial charge in [-0.05, 0) is 55.5 Å². The predicted molar refractivity (Wildman–Crippen MR) is 109 cm³/mol. The van der Waals surface area contributed by atoms with Crippen LogP contribution in [0.1, 0.15) is 28.8 Å². The van der Waals surface area contributed by atoms with Gasteiger partial charge in [0, 0.05) is 18.3 Å². The Labute approximate surface area is 165 Å². The highest BCUT2D eigenvalue weighted by Gasteiger charge is 2.22. The second-order valence-electron chi connectivity index (χ2n) is 7.14. The quantitative estimate of drug-likeness (QED) is 0.672. The number of benzene rings is 2. The lowest BCUT2D eigenvalue weighted by molar-refractivity contribution is 0.0600. The Kier molecular flexibility index (Phi) is 7.03. The zero-order valence-electron chi connectivity index (χ0n) is 16.1. The van der Waals surface area contributed by atoms with Crippen LogP contribution in [0.5, 0.6) is 0 Å². The Balaban J connectivity index is 1.46. The van der Waals surface area contributed by atoms with Gasteiger partial charge in [-0.25, -0.2) is 9.59 Å². The van der Waals surface area contributed by atoms with Crippen molar-refractivity contribution in [1.82, 2.24) is 10.6 Å². The highest BCUT2D eigenvalue weighted by molar-refractivity contribution is 5.93. The Bertz CT molecular complexity index is 795. The summed E-state index contributed by atoms with van der Waals surface area (Å²) in [5, 5.41) is 9.17. The number of ether oxygens (including phenoxy) is 1. The smallest absolute Gasteiger partial charge is 0.337 e. The maximum Gasteiger partial charge on any atom is 0.337 e. The third-order valence-corrected chi connectivity index (χ3v) is 5.02. The maximum absolute atomic E-state index is 12.2. The van der Waals surface area contributed by atoms with Gasteiger partial charge in [0.05, 0.1) is 12.7 Å². The molecular formula is C22H27N3O3. The van der Waals surface area contributed by atoms with E-state index in [1.807, 2.05) is 6.07 Å². The molecule has 6 heteroatoms. The Morgan fingerprint density at radius 2 is 1.96 bits per heavy atom. The van der Waals surface area contributed by atoms with Crippen molar-refractivity contribution in [3.63, 3.8) is 0 Å². The van der Waals surface area contributed by atoms with E-state index < -0.39 is 5.97 Å². The molecule has 2 aromatic rings. The van der Waals surface area contributed by atoms with E-state index in [2.05, 4.69) is 40.2 Å². The molecule has 3 rings (SSSR count). The van der Waals surface area contributed by atoms with Crippen LogP contribution in [0, 0.1) is 5.92 Å². The number of rotatable bonds is 6. The van der Waals surface area contributed by atoms with Crippen LogP contribution in [0.25, 0.3) is 0 Å². The van der Waals surface area contributed by atoms with Gasteiger partial charge in [0.1, 0.15) is 0 Å². The number of carbonyl (C=O) groups is 2. The minimum absolute atomic E-state index is 0.259. The summed E-state index contributed by atoms with van der Waals surface area (Å²) in [5.74, 6) is 0.190. The standard InChI is InChI=1S/C22H27N3O3/c1-28-21(26)18-8-5-9-19(14-18)25-22(27)24-15-20-13-17(10-11-23-20)12-16-6-3-2-4-7-16/h2-9,14,17,20,23H,10-13,15H2,1H3,(H2,24,25,27)/t17-,20-/m1/s1. The van der Waals surface area contributed by atoms with Crippen LogP contribution < -0.4 is 16.0 Å². The molecule has 1 saturated heterocycles. The van der Waals surface area contributed by atoms with E-state index in [1.165, 1.54) is 12.7 Å². The first-order chi connectivity index (χ1) is 13.6. The molecule has 148 valence electrons. The topological polar surface area (TPSA) is 79.5 Å². The number of nitrogens with one attached hydrogen (secondary N) is 3. The highest BCUT2D eigenvalue weighted by atomic mass is 16.5. The first-order valence-electron chi connectivity index (χ1n) is 9.64. The first kappa shape index (κ1) is 19.9. The average Bonchev–Trinajstić information content (AvgIpc) is 2.73. The van der Waals surface area contributed by atoms with E-state index in [-0.39, 0.29) is 12.1 Å². The second-order valence-corrected chi connectivity index (χ2v) is 7.14. The van der Waals surface area contributed by atoms with Crippen molar-refractivity contribution in [2.24, 2.45) is 5.92 Å². The zero-order chi connectivity index (χ0) is 19.8. The van der Waals surface area contributed by atoms with Crippen LogP contribution >= 0.6 is 0 Å². The molecule has 1 heterocycles. The van der Waals surface area contributed by atoms with Crippen molar-refractivity contribution in [1.29, 1.82) is 0 Å². The predicted octanol–water partition coefficient (Wildman–Crippen LogP) is 3.21. The van der Waals surface area contributed by atoms with E-state index in [9.17, 15) is 9.59 Å². The Morgan fingerprint density at radius 1 is 1.14 bits per heavy atom. The van der Waals surface area contributed by atoms with Crippen molar-refractivity contribution >= 4 is 17.7 Å². The van der Waals surface area contributed by atoms with Gasteiger partial charge < -0.3 is 20.7 Å². The molecule has 2 amide bonds. The van der Waals surface area contributed by atoms with E-state index in [1.54, 1.807) is 24.3 Å². The molecule has 2 atom stereocenters. The molecule has 28 heavy (non-hydrogen) atoms. The lowest BCUT2D eigenvalue weighted by Gasteiger charge is -2.30. The molecule has 1 aliphatic rings. The first-order valence-corrected chi connectivity index (χ1v) is 9.64. The summed E-state index contributed by atoms with van der Waals surface area (Å²) in [6, 6.07) is 17.2. The number of hydrogen-bond donors (Lipinski definition) is 3. The molecule has 0 bridgehead atoms. The van der Waals surface area contributed by atoms with Crippen molar-refractivity contribution < 1.29 is 14.3 Å². The largest absolute Gasteiger partial charge is 0.465 e. The molecule has 0 saturated carbocycles. The number of methoxy groups -OCH3 is 1. The van der Waals surface area contributed by atoms with Crippen LogP contribution in [-0.2, 0) is 11.2 Å². The molecular weight excluding hydrogens is 354 g/mol. The van der Waals surface area contributed by atoms with Gasteiger partial charge in [0.25, 0.3) is 0 Å². The third-order valence-electron chi connectivity index (χ3n) is 5.02. The lowest BCUT2D eigenvalue weighted by atomic mass is 9.87. The highest BCUT2D eigenvalue weighted by Crippen LogP contribution is 2.21. The molecule has 0 aromatic heterocycles. The third kappa shape index (κ3) is 5.82. The Morgan fingerprint density at radius 3 is 2.75 bits per heavy atom. The average molecular weight is 381 g/mol. The molecule has 0 unspecified atom stereocenters. The number of urea groups is 1. The van der Waals surface area contributed by atoms with E-state index in [0.717, 1.165) is 25.8 Å². The van der Waals surface area contributed by atoms with Crippen LogP contribution in [0.15, 0.2) is 54.6 Å². The van der Waals surface area contributed by atoms with Crippen LogP contribution in [-0.4, -0.2) is 38.2 Å². The van der Waals surface area contributed by atoms with Crippen molar-refractivity contribution in [2.45, 2.75) is 25.3 Å². The molecule has 0 spiro atoms. The van der Waals surface area contributed by atoms with Crippen molar-refractivity contribution in [2.75, 3.05) is 25.5 Å². The number of carbonyl (C=O) groups excluding carboxylic acids is 2. The summed E-state index contributed by atoms with van der Waals surface area (Å²) in [6.07, 6.45) is 3.26. The van der Waals surface area contributed by atoms with Crippen LogP contribution in [0.3, 0.4) is 0 Å². The Hall–Kier alpha value is -2.86. The van der Waals surface area contributed by atoms with Crippen molar-refractivity contribution in [3.05, 3.63) is 65.7 Å². The number of amides is 2. The van der Waals surface area contributed by atoms with E-state index in [4.69, 9.17) is 4.74 Å². The molecule has 2 aromatic carbocycles. The van der Waals surface area contributed by atoms with Crippen molar-refractivity contribution in [3.8, 4) is 0 Å². The van der Waals surface area contributed by atoms with Crippen LogP contribution in [0.2, 0.25) is 0 Å². The SMILES string of the molecule is COC(=O)c1cccc(NC(=O)NC[C@H]2C[C@@H](Cc3ccccc3)CCN2)c1. The van der Waals surface area contributed by atoms with Gasteiger partial charge in [-0.15, -0.1) is 0 Å². The molecule has 0 aliphatic carbocycles. The van der Waals surface area contributed by atoms with Gasteiger partial charge >= 0.3 is 12.0 Å². The minimum Gasteiger partial charge on any atom is -0.465 e. The summed E-state index contributed by atoms with van der Waals surface area (Å²) in [4.78, 5) is 23.8. The summed E-state index contributed by atoms with van der Waals surface area (Å²) in [6.45, 7) is 1.53. The fraction of sp³-hybridized carbons (Fsp3) is 0.364. The number of piperidine rings is 1. The fourth-order valence-corrected chi connectivity index (χ4v) is 3.62.